The van der Waals surface area contributed by atoms with Gasteiger partial charge in [-0.1, -0.05) is 54.6 Å². The van der Waals surface area contributed by atoms with Gasteiger partial charge in [0.05, 0.1) is 10.6 Å². The Hall–Kier alpha value is -3.22. The van der Waals surface area contributed by atoms with Crippen LogP contribution in [0.1, 0.15) is 16.1 Å². The molecule has 4 aromatic rings. The molecular formula is C25H24N4OS. The van der Waals surface area contributed by atoms with Crippen molar-refractivity contribution in [2.24, 2.45) is 0 Å². The maximum Gasteiger partial charge on any atom is 0.272 e. The lowest BCUT2D eigenvalue weighted by Crippen LogP contribution is -2.48. The molecule has 6 heteroatoms. The molecule has 1 saturated heterocycles. The lowest BCUT2D eigenvalue weighted by molar-refractivity contribution is 0.0619. The maximum absolute atomic E-state index is 13.5. The van der Waals surface area contributed by atoms with E-state index >= 15 is 0 Å². The lowest BCUT2D eigenvalue weighted by Gasteiger charge is -2.34. The minimum atomic E-state index is 0.0403. The van der Waals surface area contributed by atoms with Crippen LogP contribution in [0.2, 0.25) is 0 Å². The molecule has 0 radical (unpaired) electrons. The Balaban J connectivity index is 1.35. The second-order valence-electron chi connectivity index (χ2n) is 7.69. The van der Waals surface area contributed by atoms with E-state index in [2.05, 4.69) is 29.2 Å². The highest BCUT2D eigenvalue weighted by molar-refractivity contribution is 7.13. The zero-order chi connectivity index (χ0) is 21.0. The third-order valence-corrected chi connectivity index (χ3v) is 6.50. The fraction of sp³-hybridized carbons (Fsp3) is 0.200. The van der Waals surface area contributed by atoms with E-state index in [1.165, 1.54) is 5.56 Å². The van der Waals surface area contributed by atoms with E-state index in [-0.39, 0.29) is 5.91 Å². The molecule has 5 nitrogen and oxygen atoms in total. The molecule has 0 bridgehead atoms. The summed E-state index contributed by atoms with van der Waals surface area (Å²) in [6.07, 6.45) is 0. The van der Waals surface area contributed by atoms with E-state index in [9.17, 15) is 4.79 Å². The van der Waals surface area contributed by atoms with E-state index in [1.54, 1.807) is 16.0 Å². The first-order valence-electron chi connectivity index (χ1n) is 10.5. The summed E-state index contributed by atoms with van der Waals surface area (Å²) in [7, 11) is 0. The number of aromatic nitrogens is 2. The van der Waals surface area contributed by atoms with Crippen LogP contribution in [0.5, 0.6) is 0 Å². The molecule has 0 atom stereocenters. The van der Waals surface area contributed by atoms with Crippen LogP contribution in [-0.2, 0) is 6.54 Å². The number of carbonyl (C=O) groups is 1. The molecule has 3 heterocycles. The number of carbonyl (C=O) groups excluding carboxylic acids is 1. The highest BCUT2D eigenvalue weighted by Gasteiger charge is 2.26. The molecule has 5 rings (SSSR count). The number of para-hydroxylation sites is 1. The summed E-state index contributed by atoms with van der Waals surface area (Å²) in [5, 5.41) is 6.81. The number of nitrogens with zero attached hydrogens (tertiary/aromatic N) is 4. The Morgan fingerprint density at radius 2 is 1.58 bits per heavy atom. The van der Waals surface area contributed by atoms with Crippen molar-refractivity contribution in [2.75, 3.05) is 26.2 Å². The highest BCUT2D eigenvalue weighted by atomic mass is 32.1. The molecule has 0 unspecified atom stereocenters. The van der Waals surface area contributed by atoms with Crippen molar-refractivity contribution in [3.63, 3.8) is 0 Å². The van der Waals surface area contributed by atoms with Crippen LogP contribution < -0.4 is 0 Å². The number of hydrogen-bond acceptors (Lipinski definition) is 4. The normalized spacial score (nSPS) is 14.6. The monoisotopic (exact) mass is 428 g/mol. The van der Waals surface area contributed by atoms with Crippen molar-refractivity contribution in [2.45, 2.75) is 6.54 Å². The van der Waals surface area contributed by atoms with Gasteiger partial charge >= 0.3 is 0 Å². The minimum absolute atomic E-state index is 0.0403. The Morgan fingerprint density at radius 3 is 2.26 bits per heavy atom. The van der Waals surface area contributed by atoms with Gasteiger partial charge in [0.25, 0.3) is 5.91 Å². The van der Waals surface area contributed by atoms with Gasteiger partial charge < -0.3 is 4.90 Å². The van der Waals surface area contributed by atoms with Crippen molar-refractivity contribution in [1.29, 1.82) is 0 Å². The van der Waals surface area contributed by atoms with Crippen molar-refractivity contribution in [3.8, 4) is 16.3 Å². The number of benzene rings is 2. The van der Waals surface area contributed by atoms with E-state index < -0.39 is 0 Å². The predicted octanol–water partition coefficient (Wildman–Crippen LogP) is 4.56. The van der Waals surface area contributed by atoms with Gasteiger partial charge in [0, 0.05) is 32.7 Å². The first-order valence-corrected chi connectivity index (χ1v) is 11.4. The second-order valence-corrected chi connectivity index (χ2v) is 8.64. The summed E-state index contributed by atoms with van der Waals surface area (Å²) < 4.78 is 1.79. The molecule has 156 valence electrons. The number of amides is 1. The van der Waals surface area contributed by atoms with Crippen molar-refractivity contribution >= 4 is 17.2 Å². The van der Waals surface area contributed by atoms with Gasteiger partial charge in [-0.05, 0) is 35.2 Å². The van der Waals surface area contributed by atoms with Gasteiger partial charge in [0.2, 0.25) is 0 Å². The quantitative estimate of drug-likeness (QED) is 0.468. The number of hydrogen-bond donors (Lipinski definition) is 0. The van der Waals surface area contributed by atoms with E-state index in [4.69, 9.17) is 5.10 Å². The Morgan fingerprint density at radius 1 is 0.871 bits per heavy atom. The number of thiophene rings is 1. The van der Waals surface area contributed by atoms with Crippen molar-refractivity contribution < 1.29 is 4.79 Å². The standard InChI is InChI=1S/C25H24N4OS/c30-25(28-15-13-27(14-16-28)19-20-8-3-1-4-9-20)23-18-22(24-12-7-17-31-24)26-29(23)21-10-5-2-6-11-21/h1-12,17-18H,13-16,19H2. The molecule has 0 aliphatic carbocycles. The van der Waals surface area contributed by atoms with Gasteiger partial charge in [-0.15, -0.1) is 11.3 Å². The molecule has 0 saturated carbocycles. The van der Waals surface area contributed by atoms with E-state index in [0.29, 0.717) is 5.69 Å². The minimum Gasteiger partial charge on any atom is -0.335 e. The Kier molecular flexibility index (Phi) is 5.65. The average Bonchev–Trinajstić information content (AvgIpc) is 3.51. The van der Waals surface area contributed by atoms with Crippen LogP contribution in [0.15, 0.2) is 84.2 Å². The molecule has 2 aromatic carbocycles. The summed E-state index contributed by atoms with van der Waals surface area (Å²) in [6, 6.07) is 26.4. The molecular weight excluding hydrogens is 404 g/mol. The SMILES string of the molecule is O=C(c1cc(-c2cccs2)nn1-c1ccccc1)N1CCN(Cc2ccccc2)CC1. The molecule has 1 amide bonds. The average molecular weight is 429 g/mol. The number of piperazine rings is 1. The zero-order valence-electron chi connectivity index (χ0n) is 17.2. The van der Waals surface area contributed by atoms with Gasteiger partial charge in [-0.3, -0.25) is 9.69 Å². The molecule has 31 heavy (non-hydrogen) atoms. The maximum atomic E-state index is 13.5. The van der Waals surface area contributed by atoms with Gasteiger partial charge in [-0.25, -0.2) is 4.68 Å². The van der Waals surface area contributed by atoms with Crippen LogP contribution in [0.4, 0.5) is 0 Å². The second kappa shape index (κ2) is 8.88. The van der Waals surface area contributed by atoms with Gasteiger partial charge in [0.1, 0.15) is 11.4 Å². The van der Waals surface area contributed by atoms with E-state index in [1.807, 2.05) is 64.9 Å². The largest absolute Gasteiger partial charge is 0.335 e. The summed E-state index contributed by atoms with van der Waals surface area (Å²) in [6.45, 7) is 4.11. The molecule has 2 aromatic heterocycles. The summed E-state index contributed by atoms with van der Waals surface area (Å²) in [5.74, 6) is 0.0403. The van der Waals surface area contributed by atoms with Gasteiger partial charge in [0.15, 0.2) is 0 Å². The molecule has 1 fully saturated rings. The highest BCUT2D eigenvalue weighted by Crippen LogP contribution is 2.26. The topological polar surface area (TPSA) is 41.4 Å². The Labute approximate surface area is 186 Å². The molecule has 0 N–H and O–H groups in total. The molecule has 1 aliphatic rings. The van der Waals surface area contributed by atoms with Crippen LogP contribution in [0.3, 0.4) is 0 Å². The third kappa shape index (κ3) is 4.31. The summed E-state index contributed by atoms with van der Waals surface area (Å²) in [5.41, 5.74) is 3.66. The van der Waals surface area contributed by atoms with Crippen LogP contribution >= 0.6 is 11.3 Å². The first kappa shape index (κ1) is 19.7. The smallest absolute Gasteiger partial charge is 0.272 e. The van der Waals surface area contributed by atoms with Crippen LogP contribution in [0.25, 0.3) is 16.3 Å². The van der Waals surface area contributed by atoms with Crippen molar-refractivity contribution in [1.82, 2.24) is 19.6 Å². The summed E-state index contributed by atoms with van der Waals surface area (Å²) in [4.78, 5) is 18.9. The third-order valence-electron chi connectivity index (χ3n) is 5.61. The number of rotatable bonds is 5. The van der Waals surface area contributed by atoms with E-state index in [0.717, 1.165) is 49.0 Å². The fourth-order valence-corrected chi connectivity index (χ4v) is 4.64. The van der Waals surface area contributed by atoms with Gasteiger partial charge in [-0.2, -0.15) is 5.10 Å². The molecule has 1 aliphatic heterocycles. The summed E-state index contributed by atoms with van der Waals surface area (Å²) >= 11 is 1.63. The Bertz CT molecular complexity index is 1130. The van der Waals surface area contributed by atoms with Crippen LogP contribution in [0, 0.1) is 0 Å². The fourth-order valence-electron chi connectivity index (χ4n) is 3.96. The molecule has 0 spiro atoms. The zero-order valence-corrected chi connectivity index (χ0v) is 18.0. The van der Waals surface area contributed by atoms with Crippen LogP contribution in [-0.4, -0.2) is 51.7 Å². The first-order chi connectivity index (χ1) is 15.3. The predicted molar refractivity (Wildman–Crippen MR) is 124 cm³/mol. The van der Waals surface area contributed by atoms with Crippen molar-refractivity contribution in [3.05, 3.63) is 95.5 Å². The lowest BCUT2D eigenvalue weighted by atomic mass is 10.2.